The van der Waals surface area contributed by atoms with Gasteiger partial charge in [0.2, 0.25) is 5.91 Å². The minimum absolute atomic E-state index is 0.0480. The van der Waals surface area contributed by atoms with Crippen molar-refractivity contribution in [3.8, 4) is 0 Å². The summed E-state index contributed by atoms with van der Waals surface area (Å²) in [6.45, 7) is 8.83. The number of hydrogen-bond acceptors (Lipinski definition) is 8. The molecule has 0 radical (unpaired) electrons. The second-order valence-electron chi connectivity index (χ2n) is 12.0. The molecule has 3 aliphatic rings. The number of aliphatic hydroxyl groups is 2. The molecule has 0 aliphatic carbocycles. The molecule has 4 heterocycles. The predicted octanol–water partition coefficient (Wildman–Crippen LogP) is 2.21. The van der Waals surface area contributed by atoms with Crippen molar-refractivity contribution >= 4 is 48.5 Å². The third-order valence-electron chi connectivity index (χ3n) is 9.18. The monoisotopic (exact) mass is 654 g/mol. The Morgan fingerprint density at radius 2 is 1.78 bits per heavy atom. The Morgan fingerprint density at radius 3 is 2.39 bits per heavy atom. The fraction of sp³-hybridized carbons (Fsp3) is 0.455. The lowest BCUT2D eigenvalue weighted by molar-refractivity contribution is -0.139. The van der Waals surface area contributed by atoms with Crippen LogP contribution in [0.2, 0.25) is 0 Å². The van der Waals surface area contributed by atoms with Crippen LogP contribution in [0.4, 0.5) is 0 Å². The maximum absolute atomic E-state index is 12.5. The van der Waals surface area contributed by atoms with Gasteiger partial charge in [0, 0.05) is 52.2 Å². The van der Waals surface area contributed by atoms with Crippen LogP contribution in [0, 0.1) is 18.8 Å². The number of H-pyrrole nitrogens is 1. The van der Waals surface area contributed by atoms with Gasteiger partial charge in [-0.25, -0.2) is 0 Å². The molecule has 4 rings (SSSR count). The highest BCUT2D eigenvalue weighted by Crippen LogP contribution is 2.36. The molecule has 0 bridgehead atoms. The van der Waals surface area contributed by atoms with E-state index in [1.807, 2.05) is 19.9 Å². The van der Waals surface area contributed by atoms with Crippen LogP contribution < -0.4 is 16.0 Å². The third kappa shape index (κ3) is 7.16. The highest BCUT2D eigenvalue weighted by molar-refractivity contribution is 7.80. The van der Waals surface area contributed by atoms with Gasteiger partial charge in [-0.15, -0.1) is 0 Å². The summed E-state index contributed by atoms with van der Waals surface area (Å²) in [7, 11) is 0. The van der Waals surface area contributed by atoms with Gasteiger partial charge < -0.3 is 41.4 Å². The lowest BCUT2D eigenvalue weighted by atomic mass is 9.91. The van der Waals surface area contributed by atoms with Crippen molar-refractivity contribution in [3.63, 3.8) is 0 Å². The highest BCUT2D eigenvalue weighted by Gasteiger charge is 2.37. The fourth-order valence-corrected chi connectivity index (χ4v) is 6.92. The lowest BCUT2D eigenvalue weighted by Gasteiger charge is -2.21. The minimum atomic E-state index is -1.35. The summed E-state index contributed by atoms with van der Waals surface area (Å²) in [5.74, 6) is -2.25. The summed E-state index contributed by atoms with van der Waals surface area (Å²) < 4.78 is 0. The standard InChI is InChI=1S/C33H42N4O8S/c1-5-18-21(14-38)26(37-33(18)45)11-23-17(4)31(28(39)13-30(42)43)27(35-23)12-24-19(6-7-29(40)41)15(2)22(34-24)10-25-20(8-9-46)16(3)32(44)36-25/h5,10,12,16,20,23,26,28,34-35,38-39,46H,1,6-9,11,13-14H2,2-4H3,(H,36,44)(H,37,45)(H,40,41)(H,42,43)/b25-10-,27-12-/t16-,20-,23?,26-,28+/m1/s1. The van der Waals surface area contributed by atoms with E-state index in [1.54, 1.807) is 13.0 Å². The van der Waals surface area contributed by atoms with E-state index in [4.69, 9.17) is 0 Å². The Labute approximate surface area is 272 Å². The lowest BCUT2D eigenvalue weighted by Crippen LogP contribution is -2.36. The number of carboxylic acids is 2. The zero-order chi connectivity index (χ0) is 33.9. The molecule has 5 atom stereocenters. The third-order valence-corrected chi connectivity index (χ3v) is 9.44. The van der Waals surface area contributed by atoms with E-state index in [0.29, 0.717) is 58.0 Å². The molecule has 3 aliphatic heterocycles. The first-order valence-electron chi connectivity index (χ1n) is 15.2. The smallest absolute Gasteiger partial charge is 0.306 e. The van der Waals surface area contributed by atoms with Crippen molar-refractivity contribution in [3.05, 3.63) is 68.9 Å². The number of thiol groups is 1. The van der Waals surface area contributed by atoms with Gasteiger partial charge in [0.05, 0.1) is 31.2 Å². The molecule has 13 heteroatoms. The number of carbonyl (C=O) groups is 4. The zero-order valence-electron chi connectivity index (χ0n) is 26.1. The van der Waals surface area contributed by atoms with Crippen LogP contribution in [0.3, 0.4) is 0 Å². The molecule has 2 amide bonds. The van der Waals surface area contributed by atoms with Crippen LogP contribution in [0.25, 0.3) is 12.2 Å². The summed E-state index contributed by atoms with van der Waals surface area (Å²) >= 11 is 4.36. The Morgan fingerprint density at radius 1 is 1.07 bits per heavy atom. The Hall–Kier alpha value is -4.07. The molecular formula is C33H42N4O8S. The van der Waals surface area contributed by atoms with Gasteiger partial charge in [0.1, 0.15) is 0 Å². The molecule has 1 fully saturated rings. The zero-order valence-corrected chi connectivity index (χ0v) is 27.0. The van der Waals surface area contributed by atoms with Gasteiger partial charge in [0.15, 0.2) is 0 Å². The summed E-state index contributed by atoms with van der Waals surface area (Å²) in [4.78, 5) is 51.5. The second-order valence-corrected chi connectivity index (χ2v) is 12.4. The molecule has 248 valence electrons. The quantitative estimate of drug-likeness (QED) is 0.135. The number of nitrogens with one attached hydrogen (secondary N) is 4. The van der Waals surface area contributed by atoms with E-state index < -0.39 is 36.5 Å². The number of carboxylic acid groups (broad SMARTS) is 2. The topological polar surface area (TPSA) is 201 Å². The SMILES string of the molecule is C=CC1=C(CO)[C@@H](CC2N/C(=C\c3[nH]c(/C=C4\NC(=O)[C@H](C)[C@H]4CCS)c(C)c3CCC(=O)O)C([C@@H](O)CC(=O)O)=C2C)NC1=O. The summed E-state index contributed by atoms with van der Waals surface area (Å²) in [6, 6.07) is -0.945. The van der Waals surface area contributed by atoms with Crippen molar-refractivity contribution in [2.45, 2.75) is 71.1 Å². The van der Waals surface area contributed by atoms with E-state index in [0.717, 1.165) is 16.8 Å². The average molecular weight is 655 g/mol. The summed E-state index contributed by atoms with van der Waals surface area (Å²) in [5.41, 5.74) is 5.85. The van der Waals surface area contributed by atoms with Crippen LogP contribution >= 0.6 is 12.6 Å². The van der Waals surface area contributed by atoms with Crippen molar-refractivity contribution in [1.82, 2.24) is 20.9 Å². The first kappa shape index (κ1) is 34.8. The second kappa shape index (κ2) is 14.6. The van der Waals surface area contributed by atoms with E-state index in [9.17, 15) is 39.6 Å². The molecule has 1 unspecified atom stereocenters. The van der Waals surface area contributed by atoms with Crippen molar-refractivity contribution < 1.29 is 39.6 Å². The molecular weight excluding hydrogens is 612 g/mol. The van der Waals surface area contributed by atoms with Crippen LogP contribution in [-0.4, -0.2) is 79.7 Å². The van der Waals surface area contributed by atoms with Crippen molar-refractivity contribution in [2.75, 3.05) is 12.4 Å². The molecule has 1 saturated heterocycles. The molecule has 0 aromatic carbocycles. The van der Waals surface area contributed by atoms with Gasteiger partial charge in [0.25, 0.3) is 5.91 Å². The van der Waals surface area contributed by atoms with Crippen molar-refractivity contribution in [1.29, 1.82) is 0 Å². The van der Waals surface area contributed by atoms with Gasteiger partial charge in [-0.05, 0) is 73.3 Å². The summed E-state index contributed by atoms with van der Waals surface area (Å²) in [6.07, 6.45) is 4.18. The van der Waals surface area contributed by atoms with E-state index in [-0.39, 0.29) is 43.1 Å². The number of hydrogen-bond donors (Lipinski definition) is 9. The number of carbonyl (C=O) groups excluding carboxylic acids is 2. The van der Waals surface area contributed by atoms with Crippen molar-refractivity contribution in [2.24, 2.45) is 11.8 Å². The average Bonchev–Trinajstić information content (AvgIpc) is 3.65. The van der Waals surface area contributed by atoms with E-state index in [1.165, 1.54) is 6.08 Å². The van der Waals surface area contributed by atoms with Crippen LogP contribution in [0.1, 0.15) is 62.0 Å². The number of aliphatic hydroxyl groups excluding tert-OH is 2. The predicted molar refractivity (Wildman–Crippen MR) is 175 cm³/mol. The Balaban J connectivity index is 1.78. The molecule has 0 saturated carbocycles. The summed E-state index contributed by atoms with van der Waals surface area (Å²) in [5, 5.41) is 49.2. The first-order chi connectivity index (χ1) is 21.8. The van der Waals surface area contributed by atoms with Crippen LogP contribution in [-0.2, 0) is 25.6 Å². The maximum atomic E-state index is 12.5. The van der Waals surface area contributed by atoms with Crippen LogP contribution in [0.15, 0.2) is 46.3 Å². The molecule has 12 nitrogen and oxygen atoms in total. The normalized spacial score (nSPS) is 25.3. The Kier molecular flexibility index (Phi) is 11.0. The molecule has 46 heavy (non-hydrogen) atoms. The molecule has 1 aromatic heterocycles. The highest BCUT2D eigenvalue weighted by atomic mass is 32.1. The first-order valence-corrected chi connectivity index (χ1v) is 15.9. The molecule has 0 spiro atoms. The minimum Gasteiger partial charge on any atom is -0.481 e. The molecule has 1 aromatic rings. The maximum Gasteiger partial charge on any atom is 0.306 e. The van der Waals surface area contributed by atoms with Crippen LogP contribution in [0.5, 0.6) is 0 Å². The largest absolute Gasteiger partial charge is 0.481 e. The van der Waals surface area contributed by atoms with E-state index >= 15 is 0 Å². The fourth-order valence-electron chi connectivity index (χ4n) is 6.64. The Bertz CT molecular complexity index is 1570. The number of aromatic amines is 1. The number of rotatable bonds is 14. The molecule has 8 N–H and O–H groups in total. The van der Waals surface area contributed by atoms with Gasteiger partial charge >= 0.3 is 11.9 Å². The number of aliphatic carboxylic acids is 2. The number of allylic oxidation sites excluding steroid dienone is 1. The van der Waals surface area contributed by atoms with Gasteiger partial charge in [-0.3, -0.25) is 19.2 Å². The van der Waals surface area contributed by atoms with E-state index in [2.05, 4.69) is 40.1 Å². The number of amides is 2. The van der Waals surface area contributed by atoms with Gasteiger partial charge in [-0.1, -0.05) is 19.6 Å². The number of aromatic nitrogens is 1. The van der Waals surface area contributed by atoms with Gasteiger partial charge in [-0.2, -0.15) is 12.6 Å².